The third-order valence-electron chi connectivity index (χ3n) is 1.96. The summed E-state index contributed by atoms with van der Waals surface area (Å²) in [4.78, 5) is 10.7. The van der Waals surface area contributed by atoms with Crippen molar-refractivity contribution in [3.63, 3.8) is 0 Å². The fourth-order valence-corrected chi connectivity index (χ4v) is 3.19. The van der Waals surface area contributed by atoms with Gasteiger partial charge < -0.3 is 0 Å². The van der Waals surface area contributed by atoms with Crippen molar-refractivity contribution in [1.29, 1.82) is 5.26 Å². The maximum absolute atomic E-state index is 10.7. The second-order valence-electron chi connectivity index (χ2n) is 2.72. The van der Waals surface area contributed by atoms with Gasteiger partial charge in [0.1, 0.15) is 6.07 Å². The van der Waals surface area contributed by atoms with Crippen LogP contribution >= 0.6 is 33.9 Å². The van der Waals surface area contributed by atoms with Gasteiger partial charge in [-0.3, -0.25) is 4.79 Å². The van der Waals surface area contributed by atoms with E-state index in [4.69, 9.17) is 5.26 Å². The number of benzene rings is 1. The van der Waals surface area contributed by atoms with Crippen molar-refractivity contribution < 1.29 is 4.79 Å². The number of aldehydes is 1. The molecule has 2 nitrogen and oxygen atoms in total. The minimum atomic E-state index is 0.664. The van der Waals surface area contributed by atoms with Crippen molar-refractivity contribution in [3.8, 4) is 6.07 Å². The number of carbonyl (C=O) groups is 1. The van der Waals surface area contributed by atoms with Gasteiger partial charge in [0.05, 0.1) is 5.56 Å². The number of hydrogen-bond acceptors (Lipinski definition) is 3. The quantitative estimate of drug-likeness (QED) is 0.599. The first-order valence-corrected chi connectivity index (χ1v) is 5.78. The predicted octanol–water partition coefficient (Wildman–Crippen LogP) is 3.19. The highest BCUT2D eigenvalue weighted by Gasteiger charge is 2.09. The molecule has 0 aliphatic carbocycles. The van der Waals surface area contributed by atoms with E-state index in [0.29, 0.717) is 11.1 Å². The van der Waals surface area contributed by atoms with Gasteiger partial charge in [-0.15, -0.1) is 11.3 Å². The van der Waals surface area contributed by atoms with Crippen LogP contribution in [0.5, 0.6) is 0 Å². The van der Waals surface area contributed by atoms with Gasteiger partial charge in [-0.25, -0.2) is 0 Å². The Balaban J connectivity index is 2.87. The fourth-order valence-electron chi connectivity index (χ4n) is 1.26. The minimum absolute atomic E-state index is 0.664. The number of halogens is 1. The molecule has 0 bridgehead atoms. The molecule has 1 heterocycles. The zero-order chi connectivity index (χ0) is 10.1. The van der Waals surface area contributed by atoms with Gasteiger partial charge >= 0.3 is 0 Å². The molecule has 0 radical (unpaired) electrons. The first kappa shape index (κ1) is 9.62. The second-order valence-corrected chi connectivity index (χ2v) is 4.68. The lowest BCUT2D eigenvalue weighted by atomic mass is 10.1. The van der Waals surface area contributed by atoms with Crippen LogP contribution in [0.15, 0.2) is 17.5 Å². The molecule has 4 heteroatoms. The van der Waals surface area contributed by atoms with Crippen molar-refractivity contribution in [2.24, 2.45) is 0 Å². The van der Waals surface area contributed by atoms with E-state index in [1.165, 1.54) is 11.3 Å². The highest BCUT2D eigenvalue weighted by atomic mass is 127. The predicted molar refractivity (Wildman–Crippen MR) is 64.6 cm³/mol. The van der Waals surface area contributed by atoms with Crippen LogP contribution in [0.25, 0.3) is 10.1 Å². The average Bonchev–Trinajstić information content (AvgIpc) is 2.62. The van der Waals surface area contributed by atoms with Crippen molar-refractivity contribution in [2.45, 2.75) is 0 Å². The van der Waals surface area contributed by atoms with Crippen LogP contribution in [-0.4, -0.2) is 6.29 Å². The van der Waals surface area contributed by atoms with Gasteiger partial charge in [-0.05, 0) is 28.7 Å². The fraction of sp³-hybridized carbons (Fsp3) is 0. The molecule has 0 fully saturated rings. The Bertz CT molecular complexity index is 553. The standard InChI is InChI=1S/C10H4INOS/c11-9-6(3-12)1-2-8-7(4-13)5-14-10(8)9/h1-2,4-5H. The summed E-state index contributed by atoms with van der Waals surface area (Å²) in [5.41, 5.74) is 1.37. The number of thiophene rings is 1. The molecule has 2 aromatic rings. The molecular weight excluding hydrogens is 309 g/mol. The van der Waals surface area contributed by atoms with E-state index >= 15 is 0 Å². The number of rotatable bonds is 1. The summed E-state index contributed by atoms with van der Waals surface area (Å²) in [7, 11) is 0. The summed E-state index contributed by atoms with van der Waals surface area (Å²) in [5, 5.41) is 11.6. The number of fused-ring (bicyclic) bond motifs is 1. The molecular formula is C10H4INOS. The van der Waals surface area contributed by atoms with E-state index in [0.717, 1.165) is 19.9 Å². The van der Waals surface area contributed by atoms with Crippen molar-refractivity contribution in [1.82, 2.24) is 0 Å². The van der Waals surface area contributed by atoms with Crippen LogP contribution in [0.1, 0.15) is 15.9 Å². The van der Waals surface area contributed by atoms with Gasteiger partial charge in [-0.1, -0.05) is 6.07 Å². The van der Waals surface area contributed by atoms with E-state index in [9.17, 15) is 4.79 Å². The van der Waals surface area contributed by atoms with E-state index in [2.05, 4.69) is 28.7 Å². The smallest absolute Gasteiger partial charge is 0.151 e. The summed E-state index contributed by atoms with van der Waals surface area (Å²) in [6.45, 7) is 0. The average molecular weight is 313 g/mol. The zero-order valence-corrected chi connectivity index (χ0v) is 9.93. The summed E-state index contributed by atoms with van der Waals surface area (Å²) in [6, 6.07) is 5.71. The van der Waals surface area contributed by atoms with Gasteiger partial charge in [0.2, 0.25) is 0 Å². The Morgan fingerprint density at radius 1 is 1.50 bits per heavy atom. The lowest BCUT2D eigenvalue weighted by Crippen LogP contribution is -1.82. The Hall–Kier alpha value is -0.930. The highest BCUT2D eigenvalue weighted by Crippen LogP contribution is 2.31. The number of nitriles is 1. The van der Waals surface area contributed by atoms with Crippen LogP contribution in [0, 0.1) is 14.9 Å². The molecule has 14 heavy (non-hydrogen) atoms. The summed E-state index contributed by atoms with van der Waals surface area (Å²) < 4.78 is 1.95. The highest BCUT2D eigenvalue weighted by molar-refractivity contribution is 14.1. The Morgan fingerprint density at radius 3 is 2.93 bits per heavy atom. The SMILES string of the molecule is N#Cc1ccc2c(C=O)csc2c1I. The maximum atomic E-state index is 10.7. The molecule has 1 aromatic heterocycles. The molecule has 0 amide bonds. The summed E-state index contributed by atoms with van der Waals surface area (Å²) >= 11 is 3.65. The largest absolute Gasteiger partial charge is 0.298 e. The first-order chi connectivity index (χ1) is 6.77. The van der Waals surface area contributed by atoms with Gasteiger partial charge in [0, 0.05) is 24.6 Å². The van der Waals surface area contributed by atoms with Crippen molar-refractivity contribution in [2.75, 3.05) is 0 Å². The topological polar surface area (TPSA) is 40.9 Å². The molecule has 68 valence electrons. The van der Waals surface area contributed by atoms with Crippen molar-refractivity contribution >= 4 is 50.3 Å². The summed E-state index contributed by atoms with van der Waals surface area (Å²) in [5.74, 6) is 0. The monoisotopic (exact) mass is 313 g/mol. The number of nitrogens with zero attached hydrogens (tertiary/aromatic N) is 1. The van der Waals surface area contributed by atoms with Crippen LogP contribution in [-0.2, 0) is 0 Å². The Kier molecular flexibility index (Phi) is 2.52. The lowest BCUT2D eigenvalue weighted by Gasteiger charge is -1.96. The van der Waals surface area contributed by atoms with Gasteiger partial charge in [-0.2, -0.15) is 5.26 Å². The van der Waals surface area contributed by atoms with E-state index in [1.807, 2.05) is 11.4 Å². The lowest BCUT2D eigenvalue weighted by molar-refractivity contribution is 0.112. The van der Waals surface area contributed by atoms with Crippen molar-refractivity contribution in [3.05, 3.63) is 32.2 Å². The van der Waals surface area contributed by atoms with Gasteiger partial charge in [0.25, 0.3) is 0 Å². The van der Waals surface area contributed by atoms with Crippen LogP contribution in [0.2, 0.25) is 0 Å². The minimum Gasteiger partial charge on any atom is -0.298 e. The molecule has 0 saturated heterocycles. The first-order valence-electron chi connectivity index (χ1n) is 3.83. The summed E-state index contributed by atoms with van der Waals surface area (Å²) in [6.07, 6.45) is 0.848. The molecule has 0 atom stereocenters. The van der Waals surface area contributed by atoms with E-state index < -0.39 is 0 Å². The molecule has 1 aromatic carbocycles. The molecule has 0 N–H and O–H groups in total. The third kappa shape index (κ3) is 1.33. The third-order valence-corrected chi connectivity index (χ3v) is 4.48. The Morgan fingerprint density at radius 2 is 2.29 bits per heavy atom. The Labute approximate surface area is 98.3 Å². The number of carbonyl (C=O) groups excluding carboxylic acids is 1. The second kappa shape index (κ2) is 3.67. The normalized spacial score (nSPS) is 10.0. The van der Waals surface area contributed by atoms with Gasteiger partial charge in [0.15, 0.2) is 6.29 Å². The molecule has 0 aliphatic heterocycles. The molecule has 0 aliphatic rings. The molecule has 0 unspecified atom stereocenters. The van der Waals surface area contributed by atoms with Crippen LogP contribution in [0.3, 0.4) is 0 Å². The maximum Gasteiger partial charge on any atom is 0.151 e. The van der Waals surface area contributed by atoms with Crippen LogP contribution < -0.4 is 0 Å². The molecule has 2 rings (SSSR count). The zero-order valence-electron chi connectivity index (χ0n) is 6.95. The van der Waals surface area contributed by atoms with Crippen LogP contribution in [0.4, 0.5) is 0 Å². The van der Waals surface area contributed by atoms with E-state index in [-0.39, 0.29) is 0 Å². The molecule has 0 spiro atoms. The van der Waals surface area contributed by atoms with E-state index in [1.54, 1.807) is 6.07 Å². The number of hydrogen-bond donors (Lipinski definition) is 0. The molecule has 0 saturated carbocycles.